The summed E-state index contributed by atoms with van der Waals surface area (Å²) in [5, 5.41) is 8.84. The number of rotatable bonds is 4. The van der Waals surface area contributed by atoms with Gasteiger partial charge in [0.2, 0.25) is 0 Å². The third-order valence-corrected chi connectivity index (χ3v) is 5.77. The monoisotopic (exact) mass is 314 g/mol. The van der Waals surface area contributed by atoms with Crippen molar-refractivity contribution in [3.8, 4) is 0 Å². The molecule has 0 heteroatoms. The van der Waals surface area contributed by atoms with Gasteiger partial charge in [0, 0.05) is 0 Å². The Hall–Kier alpha value is -2.08. The zero-order chi connectivity index (χ0) is 16.8. The normalized spacial score (nSPS) is 12.0. The van der Waals surface area contributed by atoms with E-state index in [0.717, 1.165) is 25.7 Å². The summed E-state index contributed by atoms with van der Waals surface area (Å²) in [6.45, 7) is 9.11. The van der Waals surface area contributed by atoms with Gasteiger partial charge in [-0.2, -0.15) is 0 Å². The molecule has 0 spiro atoms. The maximum Gasteiger partial charge on any atom is -0.00211 e. The van der Waals surface area contributed by atoms with Crippen LogP contribution in [0.4, 0.5) is 0 Å². The van der Waals surface area contributed by atoms with E-state index in [1.807, 2.05) is 0 Å². The van der Waals surface area contributed by atoms with Crippen molar-refractivity contribution in [3.63, 3.8) is 0 Å². The topological polar surface area (TPSA) is 0 Å². The van der Waals surface area contributed by atoms with Gasteiger partial charge in [-0.15, -0.1) is 0 Å². The summed E-state index contributed by atoms with van der Waals surface area (Å²) >= 11 is 0. The summed E-state index contributed by atoms with van der Waals surface area (Å²) in [6, 6.07) is 14.3. The van der Waals surface area contributed by atoms with E-state index < -0.39 is 0 Å². The molecule has 4 rings (SSSR count). The minimum atomic E-state index is 1.10. The molecule has 4 aromatic carbocycles. The first-order chi connectivity index (χ1) is 11.7. The molecule has 0 nitrogen and oxygen atoms in total. The molecule has 0 aliphatic carbocycles. The van der Waals surface area contributed by atoms with E-state index in [0.29, 0.717) is 0 Å². The van der Waals surface area contributed by atoms with Crippen molar-refractivity contribution in [2.45, 2.75) is 53.4 Å². The minimum Gasteiger partial charge on any atom is -0.0613 e. The van der Waals surface area contributed by atoms with E-state index in [4.69, 9.17) is 0 Å². The summed E-state index contributed by atoms with van der Waals surface area (Å²) in [5.74, 6) is 0. The van der Waals surface area contributed by atoms with Crippen LogP contribution in [0.5, 0.6) is 0 Å². The van der Waals surface area contributed by atoms with E-state index in [1.165, 1.54) is 54.6 Å². The Morgan fingerprint density at radius 1 is 0.458 bits per heavy atom. The third-order valence-electron chi connectivity index (χ3n) is 5.77. The van der Waals surface area contributed by atoms with Gasteiger partial charge in [-0.05, 0) is 80.3 Å². The molecule has 0 aliphatic heterocycles. The molecular weight excluding hydrogens is 288 g/mol. The zero-order valence-corrected chi connectivity index (χ0v) is 15.3. The lowest BCUT2D eigenvalue weighted by Crippen LogP contribution is -1.97. The largest absolute Gasteiger partial charge is 0.0613 e. The Balaban J connectivity index is 2.33. The fraction of sp³-hybridized carbons (Fsp3) is 0.333. The van der Waals surface area contributed by atoms with Crippen molar-refractivity contribution in [2.24, 2.45) is 0 Å². The lowest BCUT2D eigenvalue weighted by Gasteiger charge is -2.19. The van der Waals surface area contributed by atoms with Gasteiger partial charge >= 0.3 is 0 Å². The predicted molar refractivity (Wildman–Crippen MR) is 108 cm³/mol. The summed E-state index contributed by atoms with van der Waals surface area (Å²) in [6.07, 6.45) is 4.40. The molecule has 4 aromatic rings. The highest BCUT2D eigenvalue weighted by atomic mass is 14.2. The Kier molecular flexibility index (Phi) is 3.72. The number of hydrogen-bond acceptors (Lipinski definition) is 0. The molecule has 0 atom stereocenters. The Morgan fingerprint density at radius 3 is 0.917 bits per heavy atom. The molecule has 0 bridgehead atoms. The molecule has 0 saturated carbocycles. The van der Waals surface area contributed by atoms with Crippen LogP contribution in [0, 0.1) is 0 Å². The molecule has 0 aromatic heterocycles. The maximum absolute atomic E-state index is 2.43. The van der Waals surface area contributed by atoms with Crippen molar-refractivity contribution < 1.29 is 0 Å². The SMILES string of the molecule is CCc1cc(CC)c2ccc3c(CC)cc(CC)c4ccc1c2c43. The number of aryl methyl sites for hydroxylation is 4. The highest BCUT2D eigenvalue weighted by Crippen LogP contribution is 2.40. The fourth-order valence-electron chi connectivity index (χ4n) is 4.47. The number of benzene rings is 4. The smallest absolute Gasteiger partial charge is 0.00211 e. The summed E-state index contributed by atoms with van der Waals surface area (Å²) in [7, 11) is 0. The van der Waals surface area contributed by atoms with Crippen LogP contribution in [0.2, 0.25) is 0 Å². The molecule has 122 valence electrons. The first-order valence-corrected chi connectivity index (χ1v) is 9.47. The second kappa shape index (κ2) is 5.77. The van der Waals surface area contributed by atoms with Crippen molar-refractivity contribution in [3.05, 3.63) is 58.7 Å². The molecule has 0 heterocycles. The van der Waals surface area contributed by atoms with Crippen molar-refractivity contribution >= 4 is 32.3 Å². The van der Waals surface area contributed by atoms with Gasteiger partial charge in [-0.3, -0.25) is 0 Å². The van der Waals surface area contributed by atoms with E-state index in [2.05, 4.69) is 64.1 Å². The van der Waals surface area contributed by atoms with Gasteiger partial charge in [-0.1, -0.05) is 64.1 Å². The number of hydrogen-bond donors (Lipinski definition) is 0. The van der Waals surface area contributed by atoms with Gasteiger partial charge in [0.15, 0.2) is 0 Å². The average molecular weight is 314 g/mol. The van der Waals surface area contributed by atoms with E-state index in [1.54, 1.807) is 0 Å². The summed E-state index contributed by atoms with van der Waals surface area (Å²) in [4.78, 5) is 0. The molecule has 0 unspecified atom stereocenters. The zero-order valence-electron chi connectivity index (χ0n) is 15.3. The highest BCUT2D eigenvalue weighted by molar-refractivity contribution is 6.25. The Labute approximate surface area is 144 Å². The lowest BCUT2D eigenvalue weighted by molar-refractivity contribution is 1.11. The highest BCUT2D eigenvalue weighted by Gasteiger charge is 2.16. The molecular formula is C24H26. The van der Waals surface area contributed by atoms with Crippen LogP contribution in [-0.4, -0.2) is 0 Å². The van der Waals surface area contributed by atoms with Crippen molar-refractivity contribution in [1.82, 2.24) is 0 Å². The van der Waals surface area contributed by atoms with Gasteiger partial charge < -0.3 is 0 Å². The molecule has 0 radical (unpaired) electrons. The van der Waals surface area contributed by atoms with E-state index in [-0.39, 0.29) is 0 Å². The molecule has 0 aliphatic rings. The van der Waals surface area contributed by atoms with Crippen LogP contribution in [-0.2, 0) is 25.7 Å². The Morgan fingerprint density at radius 2 is 0.708 bits per heavy atom. The van der Waals surface area contributed by atoms with Crippen molar-refractivity contribution in [2.75, 3.05) is 0 Å². The first kappa shape index (κ1) is 15.4. The molecule has 24 heavy (non-hydrogen) atoms. The van der Waals surface area contributed by atoms with Crippen LogP contribution in [0.1, 0.15) is 49.9 Å². The minimum absolute atomic E-state index is 1.10. The van der Waals surface area contributed by atoms with Gasteiger partial charge in [0.25, 0.3) is 0 Å². The van der Waals surface area contributed by atoms with Gasteiger partial charge in [0.05, 0.1) is 0 Å². The predicted octanol–water partition coefficient (Wildman–Crippen LogP) is 6.83. The maximum atomic E-state index is 2.43. The van der Waals surface area contributed by atoms with E-state index >= 15 is 0 Å². The van der Waals surface area contributed by atoms with E-state index in [9.17, 15) is 0 Å². The quantitative estimate of drug-likeness (QED) is 0.362. The second-order valence-electron chi connectivity index (χ2n) is 6.88. The second-order valence-corrected chi connectivity index (χ2v) is 6.88. The summed E-state index contributed by atoms with van der Waals surface area (Å²) in [5.41, 5.74) is 5.98. The van der Waals surface area contributed by atoms with Gasteiger partial charge in [-0.25, -0.2) is 0 Å². The molecule has 0 N–H and O–H groups in total. The van der Waals surface area contributed by atoms with Crippen LogP contribution < -0.4 is 0 Å². The summed E-state index contributed by atoms with van der Waals surface area (Å²) < 4.78 is 0. The lowest BCUT2D eigenvalue weighted by atomic mass is 9.84. The molecule has 0 amide bonds. The molecule has 0 saturated heterocycles. The third kappa shape index (κ3) is 1.99. The molecule has 0 fully saturated rings. The van der Waals surface area contributed by atoms with Crippen LogP contribution >= 0.6 is 0 Å². The first-order valence-electron chi connectivity index (χ1n) is 9.47. The van der Waals surface area contributed by atoms with Gasteiger partial charge in [0.1, 0.15) is 0 Å². The Bertz CT molecular complexity index is 875. The fourth-order valence-corrected chi connectivity index (χ4v) is 4.47. The standard InChI is InChI=1S/C24H26/c1-5-15-13-16(6-2)20-11-12-22-18(8-4)14-17(7-3)21-10-9-19(15)23(20)24(21)22/h9-14H,5-8H2,1-4H3. The average Bonchev–Trinajstić information content (AvgIpc) is 2.64. The van der Waals surface area contributed by atoms with Crippen LogP contribution in [0.15, 0.2) is 36.4 Å². The van der Waals surface area contributed by atoms with Crippen molar-refractivity contribution in [1.29, 1.82) is 0 Å². The van der Waals surface area contributed by atoms with Crippen LogP contribution in [0.25, 0.3) is 32.3 Å². The van der Waals surface area contributed by atoms with Crippen LogP contribution in [0.3, 0.4) is 0 Å².